The minimum atomic E-state index is -0.577. The van der Waals surface area contributed by atoms with Crippen LogP contribution in [0.5, 0.6) is 0 Å². The van der Waals surface area contributed by atoms with Crippen LogP contribution in [0, 0.1) is 0 Å². The van der Waals surface area contributed by atoms with Gasteiger partial charge in [-0.05, 0) is 50.9 Å². The van der Waals surface area contributed by atoms with Crippen molar-refractivity contribution in [3.63, 3.8) is 0 Å². The van der Waals surface area contributed by atoms with Crippen LogP contribution < -0.4 is 10.7 Å². The number of benzene rings is 1. The summed E-state index contributed by atoms with van der Waals surface area (Å²) in [6.45, 7) is 9.71. The molecule has 1 fully saturated rings. The van der Waals surface area contributed by atoms with Crippen molar-refractivity contribution < 1.29 is 14.1 Å². The molecule has 0 saturated carbocycles. The fraction of sp³-hybridized carbons (Fsp3) is 0.400. The molecule has 3 rings (SSSR count). The van der Waals surface area contributed by atoms with Crippen molar-refractivity contribution in [2.75, 3.05) is 6.54 Å². The Kier molecular flexibility index (Phi) is 5.01. The van der Waals surface area contributed by atoms with Gasteiger partial charge in [0.05, 0.1) is 11.2 Å². The number of hydrogen-bond donors (Lipinski definition) is 2. The van der Waals surface area contributed by atoms with E-state index in [1.165, 1.54) is 13.0 Å². The first-order valence-corrected chi connectivity index (χ1v) is 9.01. The molecule has 0 atom stereocenters. The van der Waals surface area contributed by atoms with Crippen molar-refractivity contribution in [2.45, 2.75) is 45.8 Å². The van der Waals surface area contributed by atoms with Gasteiger partial charge in [-0.1, -0.05) is 12.1 Å². The van der Waals surface area contributed by atoms with Gasteiger partial charge < -0.3 is 19.6 Å². The van der Waals surface area contributed by atoms with Crippen molar-refractivity contribution in [3.05, 3.63) is 51.7 Å². The van der Waals surface area contributed by atoms with E-state index in [2.05, 4.69) is 10.3 Å². The van der Waals surface area contributed by atoms with Crippen LogP contribution in [0.1, 0.15) is 40.2 Å². The summed E-state index contributed by atoms with van der Waals surface area (Å²) < 4.78 is 12.3. The van der Waals surface area contributed by atoms with Crippen molar-refractivity contribution in [2.24, 2.45) is 0 Å². The van der Waals surface area contributed by atoms with E-state index in [-0.39, 0.29) is 11.3 Å². The number of carbonyl (C=O) groups is 1. The van der Waals surface area contributed by atoms with Crippen LogP contribution in [0.4, 0.5) is 0 Å². The molecule has 1 aromatic carbocycles. The molecule has 2 N–H and O–H groups in total. The molecule has 1 saturated heterocycles. The lowest BCUT2D eigenvalue weighted by Gasteiger charge is -2.32. The normalized spacial score (nSPS) is 18.7. The number of aromatic nitrogens is 1. The first-order chi connectivity index (χ1) is 12.6. The number of rotatable bonds is 4. The van der Waals surface area contributed by atoms with Gasteiger partial charge in [-0.15, -0.1) is 0 Å². The topological polar surface area (TPSA) is 80.4 Å². The Labute approximate surface area is 159 Å². The third-order valence-corrected chi connectivity index (χ3v) is 5.23. The van der Waals surface area contributed by atoms with Gasteiger partial charge in [-0.2, -0.15) is 0 Å². The van der Waals surface area contributed by atoms with Crippen molar-refractivity contribution in [3.8, 4) is 0 Å². The number of fused-ring (bicyclic) bond motifs is 1. The highest BCUT2D eigenvalue weighted by Crippen LogP contribution is 2.38. The van der Waals surface area contributed by atoms with E-state index >= 15 is 0 Å². The first-order valence-electron chi connectivity index (χ1n) is 9.01. The Morgan fingerprint density at radius 1 is 1.19 bits per heavy atom. The smallest absolute Gasteiger partial charge is 0.400 e. The second-order valence-corrected chi connectivity index (χ2v) is 7.86. The number of nitrogens with one attached hydrogen (secondary N) is 2. The van der Waals surface area contributed by atoms with Gasteiger partial charge in [0, 0.05) is 36.6 Å². The van der Waals surface area contributed by atoms with Crippen LogP contribution in [0.2, 0.25) is 0 Å². The van der Waals surface area contributed by atoms with Crippen LogP contribution in [-0.2, 0) is 14.1 Å². The number of amides is 1. The molecule has 7 heteroatoms. The van der Waals surface area contributed by atoms with Crippen molar-refractivity contribution in [1.82, 2.24) is 10.3 Å². The van der Waals surface area contributed by atoms with Crippen LogP contribution in [0.3, 0.4) is 0 Å². The fourth-order valence-electron chi connectivity index (χ4n) is 2.92. The molecule has 0 spiro atoms. The lowest BCUT2D eigenvalue weighted by atomic mass is 9.77. The van der Waals surface area contributed by atoms with Crippen LogP contribution in [0.25, 0.3) is 17.0 Å². The maximum absolute atomic E-state index is 12.1. The number of carbonyl (C=O) groups excluding carboxylic acids is 1. The SMILES string of the molecule is CC(=O)NCC(=Cc1ccc2[nH]ccc(=O)c2c1)B1OC(C)(C)C(C)(C)O1. The third kappa shape index (κ3) is 3.99. The number of pyridine rings is 1. The molecule has 27 heavy (non-hydrogen) atoms. The van der Waals surface area contributed by atoms with Crippen molar-refractivity contribution in [1.29, 1.82) is 0 Å². The standard InChI is InChI=1S/C20H25BN2O4/c1-13(24)23-12-15(21-26-19(2,3)20(4,5)27-21)10-14-6-7-17-16(11-14)18(25)8-9-22-17/h6-11H,12H2,1-5H3,(H,22,25)(H,23,24). The summed E-state index contributed by atoms with van der Waals surface area (Å²) in [4.78, 5) is 26.6. The molecular weight excluding hydrogens is 343 g/mol. The highest BCUT2D eigenvalue weighted by Gasteiger charge is 2.52. The molecule has 1 amide bonds. The molecule has 0 bridgehead atoms. The molecule has 142 valence electrons. The highest BCUT2D eigenvalue weighted by molar-refractivity contribution is 6.56. The van der Waals surface area contributed by atoms with E-state index in [1.54, 1.807) is 6.20 Å². The van der Waals surface area contributed by atoms with E-state index < -0.39 is 18.3 Å². The molecule has 1 aliphatic rings. The zero-order valence-corrected chi connectivity index (χ0v) is 16.4. The maximum Gasteiger partial charge on any atom is 0.492 e. The van der Waals surface area contributed by atoms with Crippen LogP contribution in [-0.4, -0.2) is 35.8 Å². The number of hydrogen-bond acceptors (Lipinski definition) is 4. The summed E-state index contributed by atoms with van der Waals surface area (Å²) in [5.41, 5.74) is 1.41. The van der Waals surface area contributed by atoms with E-state index in [4.69, 9.17) is 9.31 Å². The van der Waals surface area contributed by atoms with Gasteiger partial charge >= 0.3 is 7.12 Å². The molecule has 6 nitrogen and oxygen atoms in total. The van der Waals surface area contributed by atoms with E-state index in [0.717, 1.165) is 16.6 Å². The molecule has 0 aliphatic carbocycles. The number of H-pyrrole nitrogens is 1. The monoisotopic (exact) mass is 368 g/mol. The zero-order valence-electron chi connectivity index (χ0n) is 16.4. The minimum absolute atomic E-state index is 0.0435. The summed E-state index contributed by atoms with van der Waals surface area (Å²) >= 11 is 0. The Bertz CT molecular complexity index is 946. The third-order valence-electron chi connectivity index (χ3n) is 5.23. The van der Waals surface area contributed by atoms with Crippen LogP contribution in [0.15, 0.2) is 40.7 Å². The summed E-state index contributed by atoms with van der Waals surface area (Å²) in [5, 5.41) is 3.42. The molecular formula is C20H25BN2O4. The highest BCUT2D eigenvalue weighted by atomic mass is 16.7. The predicted molar refractivity (Wildman–Crippen MR) is 107 cm³/mol. The molecule has 2 aromatic rings. The Morgan fingerprint density at radius 2 is 1.85 bits per heavy atom. The van der Waals surface area contributed by atoms with Gasteiger partial charge in [0.2, 0.25) is 5.91 Å². The molecule has 0 radical (unpaired) electrons. The summed E-state index contributed by atoms with van der Waals surface area (Å²) in [7, 11) is -0.577. The Hall–Kier alpha value is -2.38. The van der Waals surface area contributed by atoms with Gasteiger partial charge in [-0.3, -0.25) is 9.59 Å². The average molecular weight is 368 g/mol. The van der Waals surface area contributed by atoms with Gasteiger partial charge in [-0.25, -0.2) is 0 Å². The van der Waals surface area contributed by atoms with Crippen LogP contribution >= 0.6 is 0 Å². The Morgan fingerprint density at radius 3 is 2.48 bits per heavy atom. The average Bonchev–Trinajstić information content (AvgIpc) is 2.79. The summed E-state index contributed by atoms with van der Waals surface area (Å²) in [6.07, 6.45) is 3.54. The molecule has 2 heterocycles. The maximum atomic E-state index is 12.1. The zero-order chi connectivity index (χ0) is 19.8. The summed E-state index contributed by atoms with van der Waals surface area (Å²) in [5.74, 6) is -0.132. The lowest BCUT2D eigenvalue weighted by molar-refractivity contribution is -0.118. The van der Waals surface area contributed by atoms with Gasteiger partial charge in [0.1, 0.15) is 0 Å². The van der Waals surface area contributed by atoms with Crippen molar-refractivity contribution >= 4 is 30.0 Å². The summed E-state index contributed by atoms with van der Waals surface area (Å²) in [6, 6.07) is 7.11. The first kappa shape index (κ1) is 19.4. The van der Waals surface area contributed by atoms with E-state index in [0.29, 0.717) is 11.9 Å². The minimum Gasteiger partial charge on any atom is -0.400 e. The quantitative estimate of drug-likeness (QED) is 0.814. The molecule has 0 unspecified atom stereocenters. The second-order valence-electron chi connectivity index (χ2n) is 7.86. The van der Waals surface area contributed by atoms with Gasteiger partial charge in [0.25, 0.3) is 0 Å². The fourth-order valence-corrected chi connectivity index (χ4v) is 2.92. The second kappa shape index (κ2) is 6.98. The lowest BCUT2D eigenvalue weighted by Crippen LogP contribution is -2.41. The van der Waals surface area contributed by atoms with Gasteiger partial charge in [0.15, 0.2) is 5.43 Å². The predicted octanol–water partition coefficient (Wildman–Crippen LogP) is 2.68. The van der Waals surface area contributed by atoms with E-state index in [1.807, 2.05) is 52.0 Å². The Balaban J connectivity index is 1.99. The molecule has 1 aromatic heterocycles. The number of aromatic amines is 1. The molecule has 1 aliphatic heterocycles. The van der Waals surface area contributed by atoms with E-state index in [9.17, 15) is 9.59 Å². The largest absolute Gasteiger partial charge is 0.492 e.